The lowest BCUT2D eigenvalue weighted by Gasteiger charge is -2.29. The van der Waals surface area contributed by atoms with Gasteiger partial charge in [-0.05, 0) is 70.5 Å². The Morgan fingerprint density at radius 2 is 1.76 bits per heavy atom. The van der Waals surface area contributed by atoms with Crippen molar-refractivity contribution in [3.8, 4) is 5.75 Å². The third-order valence-electron chi connectivity index (χ3n) is 6.04. The van der Waals surface area contributed by atoms with Crippen molar-refractivity contribution in [1.82, 2.24) is 10.2 Å². The molecule has 0 aliphatic carbocycles. The normalized spacial score (nSPS) is 15.7. The van der Waals surface area contributed by atoms with E-state index in [4.69, 9.17) is 9.47 Å². The van der Waals surface area contributed by atoms with Crippen LogP contribution >= 0.6 is 0 Å². The summed E-state index contributed by atoms with van der Waals surface area (Å²) < 4.78 is 10.8. The molecular weight excluding hydrogens is 528 g/mol. The Bertz CT molecular complexity index is 1300. The molecule has 0 saturated carbocycles. The number of carbonyl (C=O) groups excluding carboxylic acids is 5. The molecule has 220 valence electrons. The monoisotopic (exact) mass is 566 g/mol. The fourth-order valence-electron chi connectivity index (χ4n) is 4.42. The molecule has 0 saturated heterocycles. The maximum atomic E-state index is 13.9. The number of nitrogens with zero attached hydrogens (tertiary/aromatic N) is 1. The summed E-state index contributed by atoms with van der Waals surface area (Å²) in [6.45, 7) is 10.3. The highest BCUT2D eigenvalue weighted by molar-refractivity contribution is 6.11. The largest absolute Gasteiger partial charge is 0.488 e. The van der Waals surface area contributed by atoms with Crippen LogP contribution in [-0.4, -0.2) is 65.3 Å². The van der Waals surface area contributed by atoms with Crippen molar-refractivity contribution in [2.75, 3.05) is 23.8 Å². The van der Waals surface area contributed by atoms with E-state index in [1.807, 2.05) is 32.9 Å². The molecule has 11 heteroatoms. The summed E-state index contributed by atoms with van der Waals surface area (Å²) in [6, 6.07) is 10.2. The molecule has 2 atom stereocenters. The summed E-state index contributed by atoms with van der Waals surface area (Å²) in [7, 11) is 0. The number of carbonyl (C=O) groups is 5. The maximum Gasteiger partial charge on any atom is 0.307 e. The zero-order chi connectivity index (χ0) is 30.3. The Balaban J connectivity index is 1.90. The number of benzene rings is 2. The second kappa shape index (κ2) is 13.3. The van der Waals surface area contributed by atoms with E-state index in [0.29, 0.717) is 11.4 Å². The van der Waals surface area contributed by atoms with Crippen LogP contribution in [0.4, 0.5) is 11.4 Å². The lowest BCUT2D eigenvalue weighted by molar-refractivity contribution is -0.143. The molecule has 1 aliphatic heterocycles. The highest BCUT2D eigenvalue weighted by atomic mass is 16.5. The fourth-order valence-corrected chi connectivity index (χ4v) is 4.42. The summed E-state index contributed by atoms with van der Waals surface area (Å²) in [5.41, 5.74) is 1.15. The molecule has 3 N–H and O–H groups in total. The molecule has 0 radical (unpaired) electrons. The van der Waals surface area contributed by atoms with E-state index in [2.05, 4.69) is 16.0 Å². The summed E-state index contributed by atoms with van der Waals surface area (Å²) in [6.07, 6.45) is 0.0922. The van der Waals surface area contributed by atoms with Crippen LogP contribution in [0.25, 0.3) is 0 Å². The third kappa shape index (κ3) is 9.06. The van der Waals surface area contributed by atoms with Gasteiger partial charge in [0.1, 0.15) is 23.9 Å². The minimum absolute atomic E-state index is 0.0384. The van der Waals surface area contributed by atoms with Gasteiger partial charge in [0.15, 0.2) is 0 Å². The van der Waals surface area contributed by atoms with Gasteiger partial charge in [-0.2, -0.15) is 0 Å². The topological polar surface area (TPSA) is 143 Å². The average Bonchev–Trinajstić information content (AvgIpc) is 2.94. The standard InChI is InChI=1S/C30H38N4O7/c1-7-40-27(37)14-18(2)31-26(36)17-34-25(15-20-8-11-22(12-9-20)41-30(4,5)6)28(38)33-24-13-10-21(32-19(3)35)16-23(24)29(34)39/h8-13,16,18,25H,7,14-15,17H2,1-6H3,(H,31,36)(H,32,35)(H,33,38)/t18-,25+/m1/s1. The van der Waals surface area contributed by atoms with Crippen LogP contribution in [0.1, 0.15) is 63.9 Å². The van der Waals surface area contributed by atoms with E-state index in [1.54, 1.807) is 32.0 Å². The quantitative estimate of drug-likeness (QED) is 0.375. The molecule has 1 heterocycles. The fraction of sp³-hybridized carbons (Fsp3) is 0.433. The molecule has 11 nitrogen and oxygen atoms in total. The summed E-state index contributed by atoms with van der Waals surface area (Å²) in [5.74, 6) is -1.68. The number of amides is 4. The first-order valence-electron chi connectivity index (χ1n) is 13.5. The number of nitrogens with one attached hydrogen (secondary N) is 3. The van der Waals surface area contributed by atoms with Crippen molar-refractivity contribution in [2.24, 2.45) is 0 Å². The van der Waals surface area contributed by atoms with Crippen LogP contribution in [0.5, 0.6) is 5.75 Å². The third-order valence-corrected chi connectivity index (χ3v) is 6.04. The van der Waals surface area contributed by atoms with Crippen molar-refractivity contribution in [2.45, 2.75) is 72.1 Å². The first-order valence-corrected chi connectivity index (χ1v) is 13.5. The molecule has 4 amide bonds. The van der Waals surface area contributed by atoms with Crippen LogP contribution in [0, 0.1) is 0 Å². The molecule has 0 fully saturated rings. The van der Waals surface area contributed by atoms with Crippen molar-refractivity contribution in [3.05, 3.63) is 53.6 Å². The first kappa shape index (κ1) is 31.1. The number of esters is 1. The SMILES string of the molecule is CCOC(=O)C[C@@H](C)NC(=O)CN1C(=O)c2cc(NC(C)=O)ccc2NC(=O)[C@@H]1Cc1ccc(OC(C)(C)C)cc1. The first-order chi connectivity index (χ1) is 19.3. The van der Waals surface area contributed by atoms with E-state index in [0.717, 1.165) is 5.56 Å². The van der Waals surface area contributed by atoms with Crippen molar-refractivity contribution < 1.29 is 33.4 Å². The van der Waals surface area contributed by atoms with Crippen LogP contribution in [0.15, 0.2) is 42.5 Å². The molecule has 0 spiro atoms. The Morgan fingerprint density at radius 1 is 1.07 bits per heavy atom. The highest BCUT2D eigenvalue weighted by Gasteiger charge is 2.37. The van der Waals surface area contributed by atoms with Gasteiger partial charge in [-0.15, -0.1) is 0 Å². The molecule has 0 bridgehead atoms. The number of rotatable bonds is 10. The summed E-state index contributed by atoms with van der Waals surface area (Å²) in [5, 5.41) is 8.14. The molecule has 0 unspecified atom stereocenters. The lowest BCUT2D eigenvalue weighted by Crippen LogP contribution is -2.51. The average molecular weight is 567 g/mol. The zero-order valence-electron chi connectivity index (χ0n) is 24.3. The molecule has 41 heavy (non-hydrogen) atoms. The van der Waals surface area contributed by atoms with Gasteiger partial charge in [0.25, 0.3) is 5.91 Å². The number of ether oxygens (including phenoxy) is 2. The van der Waals surface area contributed by atoms with Crippen LogP contribution in [-0.2, 0) is 30.3 Å². The Morgan fingerprint density at radius 3 is 2.37 bits per heavy atom. The van der Waals surface area contributed by atoms with Gasteiger partial charge < -0.3 is 30.3 Å². The van der Waals surface area contributed by atoms with Crippen LogP contribution < -0.4 is 20.7 Å². The summed E-state index contributed by atoms with van der Waals surface area (Å²) >= 11 is 0. The van der Waals surface area contributed by atoms with Crippen LogP contribution in [0.2, 0.25) is 0 Å². The highest BCUT2D eigenvalue weighted by Crippen LogP contribution is 2.28. The van der Waals surface area contributed by atoms with Crippen molar-refractivity contribution in [1.29, 1.82) is 0 Å². The van der Waals surface area contributed by atoms with E-state index in [-0.39, 0.29) is 42.2 Å². The minimum Gasteiger partial charge on any atom is -0.488 e. The molecule has 1 aliphatic rings. The second-order valence-electron chi connectivity index (χ2n) is 10.9. The van der Waals surface area contributed by atoms with Crippen molar-refractivity contribution in [3.63, 3.8) is 0 Å². The Hall–Kier alpha value is -4.41. The Kier molecular flexibility index (Phi) is 10.1. The van der Waals surface area contributed by atoms with E-state index in [1.165, 1.54) is 24.0 Å². The second-order valence-corrected chi connectivity index (χ2v) is 10.9. The van der Waals surface area contributed by atoms with E-state index >= 15 is 0 Å². The van der Waals surface area contributed by atoms with Gasteiger partial charge in [-0.25, -0.2) is 0 Å². The number of hydrogen-bond acceptors (Lipinski definition) is 7. The van der Waals surface area contributed by atoms with E-state index < -0.39 is 42.3 Å². The van der Waals surface area contributed by atoms with Gasteiger partial charge in [0.2, 0.25) is 17.7 Å². The molecule has 2 aromatic rings. The molecule has 0 aromatic heterocycles. The van der Waals surface area contributed by atoms with Gasteiger partial charge in [0.05, 0.1) is 24.3 Å². The number of fused-ring (bicyclic) bond motifs is 1. The minimum atomic E-state index is -1.03. The van der Waals surface area contributed by atoms with Crippen LogP contribution in [0.3, 0.4) is 0 Å². The molecule has 3 rings (SSSR count). The predicted octanol–water partition coefficient (Wildman–Crippen LogP) is 3.29. The van der Waals surface area contributed by atoms with E-state index in [9.17, 15) is 24.0 Å². The van der Waals surface area contributed by atoms with Gasteiger partial charge in [-0.3, -0.25) is 24.0 Å². The lowest BCUT2D eigenvalue weighted by atomic mass is 10.0. The van der Waals surface area contributed by atoms with Gasteiger partial charge in [0, 0.05) is 25.1 Å². The smallest absolute Gasteiger partial charge is 0.307 e. The maximum absolute atomic E-state index is 13.9. The molecule has 2 aromatic carbocycles. The van der Waals surface area contributed by atoms with Gasteiger partial charge in [-0.1, -0.05) is 12.1 Å². The van der Waals surface area contributed by atoms with Crippen molar-refractivity contribution >= 4 is 41.0 Å². The Labute approximate surface area is 239 Å². The predicted molar refractivity (Wildman–Crippen MR) is 154 cm³/mol. The number of anilines is 2. The molecular formula is C30H38N4O7. The zero-order valence-corrected chi connectivity index (χ0v) is 24.3. The number of hydrogen-bond donors (Lipinski definition) is 3. The summed E-state index contributed by atoms with van der Waals surface area (Å²) in [4.78, 5) is 65.1. The van der Waals surface area contributed by atoms with Gasteiger partial charge >= 0.3 is 5.97 Å².